The predicted octanol–water partition coefficient (Wildman–Crippen LogP) is 3.54. The molecule has 0 amide bonds. The molecule has 1 aromatic carbocycles. The van der Waals surface area contributed by atoms with Gasteiger partial charge in [-0.05, 0) is 46.9 Å². The van der Waals surface area contributed by atoms with Crippen molar-refractivity contribution in [3.8, 4) is 10.9 Å². The third-order valence-corrected chi connectivity index (χ3v) is 2.80. The summed E-state index contributed by atoms with van der Waals surface area (Å²) in [5, 5.41) is 2.57. The monoisotopic (exact) mass is 303 g/mol. The highest BCUT2D eigenvalue weighted by Crippen LogP contribution is 2.23. The first-order valence-electron chi connectivity index (χ1n) is 3.67. The van der Waals surface area contributed by atoms with Gasteiger partial charge >= 0.3 is 0 Å². The van der Waals surface area contributed by atoms with E-state index in [0.29, 0.717) is 5.19 Å². The molecule has 0 saturated heterocycles. The zero-order valence-corrected chi connectivity index (χ0v) is 9.58. The van der Waals surface area contributed by atoms with E-state index < -0.39 is 0 Å². The quantitative estimate of drug-likeness (QED) is 0.792. The Balaban J connectivity index is 2.15. The minimum absolute atomic E-state index is 0.682. The van der Waals surface area contributed by atoms with Crippen LogP contribution in [-0.4, -0.2) is 4.98 Å². The molecule has 0 aliphatic rings. The fraction of sp³-hybridized carbons (Fsp3) is 0. The van der Waals surface area contributed by atoms with Crippen LogP contribution in [0.15, 0.2) is 35.8 Å². The van der Waals surface area contributed by atoms with Crippen LogP contribution in [0.3, 0.4) is 0 Å². The lowest BCUT2D eigenvalue weighted by atomic mass is 10.3. The Hall–Kier alpha value is -0.620. The number of nitrogens with zero attached hydrogens (tertiary/aromatic N) is 1. The van der Waals surface area contributed by atoms with Gasteiger partial charge in [0.1, 0.15) is 5.75 Å². The van der Waals surface area contributed by atoms with Gasteiger partial charge in [0.25, 0.3) is 5.19 Å². The molecule has 0 spiro atoms. The lowest BCUT2D eigenvalue weighted by molar-refractivity contribution is 0.479. The average molecular weight is 303 g/mol. The van der Waals surface area contributed by atoms with Gasteiger partial charge in [0.05, 0.1) is 0 Å². The van der Waals surface area contributed by atoms with Crippen LogP contribution in [0.25, 0.3) is 0 Å². The van der Waals surface area contributed by atoms with Gasteiger partial charge in [-0.15, -0.1) is 0 Å². The highest BCUT2D eigenvalue weighted by molar-refractivity contribution is 14.1. The zero-order valence-electron chi connectivity index (χ0n) is 6.61. The smallest absolute Gasteiger partial charge is 0.278 e. The number of halogens is 1. The van der Waals surface area contributed by atoms with E-state index >= 15 is 0 Å². The van der Waals surface area contributed by atoms with E-state index in [1.807, 2.05) is 29.6 Å². The predicted molar refractivity (Wildman–Crippen MR) is 61.3 cm³/mol. The lowest BCUT2D eigenvalue weighted by Crippen LogP contribution is -1.81. The highest BCUT2D eigenvalue weighted by atomic mass is 127. The average Bonchev–Trinajstić information content (AvgIpc) is 2.62. The Morgan fingerprint density at radius 2 is 2.00 bits per heavy atom. The first-order valence-corrected chi connectivity index (χ1v) is 5.63. The number of thiazole rings is 1. The van der Waals surface area contributed by atoms with Crippen molar-refractivity contribution in [3.63, 3.8) is 0 Å². The number of benzene rings is 1. The summed E-state index contributed by atoms with van der Waals surface area (Å²) in [6, 6.07) is 7.87. The van der Waals surface area contributed by atoms with Gasteiger partial charge in [-0.2, -0.15) is 0 Å². The van der Waals surface area contributed by atoms with E-state index in [0.717, 1.165) is 5.75 Å². The molecule has 0 radical (unpaired) electrons. The Labute approximate surface area is 93.7 Å². The maximum atomic E-state index is 5.48. The molecular weight excluding hydrogens is 297 g/mol. The second kappa shape index (κ2) is 4.06. The summed E-state index contributed by atoms with van der Waals surface area (Å²) in [5.74, 6) is 0.829. The number of ether oxygens (including phenoxy) is 1. The van der Waals surface area contributed by atoms with E-state index in [1.54, 1.807) is 6.20 Å². The summed E-state index contributed by atoms with van der Waals surface area (Å²) in [6.07, 6.45) is 1.73. The minimum atomic E-state index is 0.682. The molecule has 13 heavy (non-hydrogen) atoms. The van der Waals surface area contributed by atoms with E-state index in [9.17, 15) is 0 Å². The Morgan fingerprint density at radius 1 is 1.23 bits per heavy atom. The molecule has 1 aromatic heterocycles. The van der Waals surface area contributed by atoms with Crippen molar-refractivity contribution in [1.82, 2.24) is 4.98 Å². The number of aromatic nitrogens is 1. The van der Waals surface area contributed by atoms with Crippen LogP contribution < -0.4 is 4.74 Å². The number of rotatable bonds is 2. The minimum Gasteiger partial charge on any atom is -0.431 e. The molecule has 0 aliphatic carbocycles. The first kappa shape index (κ1) is 8.96. The van der Waals surface area contributed by atoms with Crippen molar-refractivity contribution in [1.29, 1.82) is 0 Å². The summed E-state index contributed by atoms with van der Waals surface area (Å²) in [6.45, 7) is 0. The van der Waals surface area contributed by atoms with Gasteiger partial charge in [-0.25, -0.2) is 4.98 Å². The highest BCUT2D eigenvalue weighted by Gasteiger charge is 1.97. The van der Waals surface area contributed by atoms with E-state index in [2.05, 4.69) is 27.6 Å². The normalized spacial score (nSPS) is 9.92. The number of hydrogen-bond donors (Lipinski definition) is 0. The maximum Gasteiger partial charge on any atom is 0.278 e. The topological polar surface area (TPSA) is 22.1 Å². The molecule has 1 heterocycles. The fourth-order valence-corrected chi connectivity index (χ4v) is 1.73. The van der Waals surface area contributed by atoms with Crippen LogP contribution >= 0.6 is 33.9 Å². The van der Waals surface area contributed by atoms with E-state index in [1.165, 1.54) is 14.9 Å². The lowest BCUT2D eigenvalue weighted by Gasteiger charge is -2.00. The van der Waals surface area contributed by atoms with Gasteiger partial charge in [-0.3, -0.25) is 0 Å². The summed E-state index contributed by atoms with van der Waals surface area (Å²) >= 11 is 3.74. The van der Waals surface area contributed by atoms with Crippen LogP contribution in [0.1, 0.15) is 0 Å². The van der Waals surface area contributed by atoms with Crippen molar-refractivity contribution in [2.45, 2.75) is 0 Å². The Bertz CT molecular complexity index is 371. The molecule has 2 nitrogen and oxygen atoms in total. The summed E-state index contributed by atoms with van der Waals surface area (Å²) in [4.78, 5) is 4.03. The zero-order chi connectivity index (χ0) is 9.10. The summed E-state index contributed by atoms with van der Waals surface area (Å²) in [5.41, 5.74) is 0. The standard InChI is InChI=1S/C9H6INOS/c10-7-1-3-8(4-2-7)12-9-11-5-6-13-9/h1-6H. The third-order valence-electron chi connectivity index (χ3n) is 1.43. The molecule has 4 heteroatoms. The second-order valence-electron chi connectivity index (χ2n) is 2.35. The fourth-order valence-electron chi connectivity index (χ4n) is 0.864. The summed E-state index contributed by atoms with van der Waals surface area (Å²) in [7, 11) is 0. The molecule has 0 bridgehead atoms. The van der Waals surface area contributed by atoms with Gasteiger partial charge in [0.15, 0.2) is 0 Å². The van der Waals surface area contributed by atoms with Gasteiger partial charge < -0.3 is 4.74 Å². The Kier molecular flexibility index (Phi) is 2.80. The Morgan fingerprint density at radius 3 is 2.62 bits per heavy atom. The molecular formula is C9H6INOS. The molecule has 2 rings (SSSR count). The second-order valence-corrected chi connectivity index (χ2v) is 4.46. The van der Waals surface area contributed by atoms with Crippen molar-refractivity contribution in [2.75, 3.05) is 0 Å². The van der Waals surface area contributed by atoms with Gasteiger partial charge in [-0.1, -0.05) is 11.3 Å². The molecule has 0 unspecified atom stereocenters. The first-order chi connectivity index (χ1) is 6.34. The SMILES string of the molecule is Ic1ccc(Oc2nccs2)cc1. The van der Waals surface area contributed by atoms with Crippen molar-refractivity contribution < 1.29 is 4.74 Å². The number of hydrogen-bond acceptors (Lipinski definition) is 3. The molecule has 0 fully saturated rings. The van der Waals surface area contributed by atoms with E-state index in [4.69, 9.17) is 4.74 Å². The van der Waals surface area contributed by atoms with Crippen LogP contribution in [0.4, 0.5) is 0 Å². The van der Waals surface area contributed by atoms with Crippen LogP contribution in [0.5, 0.6) is 10.9 Å². The maximum absolute atomic E-state index is 5.48. The molecule has 0 N–H and O–H groups in total. The third kappa shape index (κ3) is 2.41. The van der Waals surface area contributed by atoms with Crippen molar-refractivity contribution in [2.24, 2.45) is 0 Å². The van der Waals surface area contributed by atoms with Crippen molar-refractivity contribution >= 4 is 33.9 Å². The van der Waals surface area contributed by atoms with E-state index in [-0.39, 0.29) is 0 Å². The molecule has 0 aliphatic heterocycles. The van der Waals surface area contributed by atoms with Gasteiger partial charge in [0.2, 0.25) is 0 Å². The van der Waals surface area contributed by atoms with Crippen LogP contribution in [-0.2, 0) is 0 Å². The molecule has 0 saturated carbocycles. The van der Waals surface area contributed by atoms with Crippen LogP contribution in [0, 0.1) is 3.57 Å². The summed E-state index contributed by atoms with van der Waals surface area (Å²) < 4.78 is 6.68. The van der Waals surface area contributed by atoms with Gasteiger partial charge in [0, 0.05) is 15.1 Å². The largest absolute Gasteiger partial charge is 0.431 e. The molecule has 66 valence electrons. The van der Waals surface area contributed by atoms with Crippen molar-refractivity contribution in [3.05, 3.63) is 39.4 Å². The van der Waals surface area contributed by atoms with Crippen LogP contribution in [0.2, 0.25) is 0 Å². The molecule has 2 aromatic rings. The molecule has 0 atom stereocenters.